The second kappa shape index (κ2) is 12.7. The fourth-order valence-electron chi connectivity index (χ4n) is 9.68. The summed E-state index contributed by atoms with van der Waals surface area (Å²) in [6.45, 7) is 0. The second-order valence-corrected chi connectivity index (χ2v) is 15.2. The SMILES string of the molecule is c1ccc(-c2nc(-c3ccc(-c4cc5ccccc5c5ccccc45)cc3)cc(-c3cccc4c3-c3ccccc3C43c4ccccc4Oc4ccccc43)n2)cc1. The summed E-state index contributed by atoms with van der Waals surface area (Å²) in [5.74, 6) is 2.45. The van der Waals surface area contributed by atoms with E-state index in [4.69, 9.17) is 14.7 Å². The lowest BCUT2D eigenvalue weighted by Crippen LogP contribution is -2.32. The van der Waals surface area contributed by atoms with E-state index in [1.807, 2.05) is 18.2 Å². The van der Waals surface area contributed by atoms with Gasteiger partial charge in [0, 0.05) is 27.8 Å². The highest BCUT2D eigenvalue weighted by Gasteiger charge is 2.51. The molecule has 1 aromatic heterocycles. The molecule has 0 unspecified atom stereocenters. The third kappa shape index (κ3) is 4.74. The summed E-state index contributed by atoms with van der Waals surface area (Å²) in [7, 11) is 0. The molecule has 270 valence electrons. The van der Waals surface area contributed by atoms with E-state index in [9.17, 15) is 0 Å². The van der Waals surface area contributed by atoms with Gasteiger partial charge in [-0.2, -0.15) is 0 Å². The van der Waals surface area contributed by atoms with E-state index in [1.165, 1.54) is 54.9 Å². The molecule has 3 heteroatoms. The summed E-state index contributed by atoms with van der Waals surface area (Å²) >= 11 is 0. The maximum atomic E-state index is 6.59. The molecule has 0 saturated carbocycles. The third-order valence-corrected chi connectivity index (χ3v) is 12.2. The van der Waals surface area contributed by atoms with Crippen molar-refractivity contribution >= 4 is 21.5 Å². The van der Waals surface area contributed by atoms with Crippen LogP contribution in [0.15, 0.2) is 206 Å². The van der Waals surface area contributed by atoms with Crippen LogP contribution in [-0.2, 0) is 5.41 Å². The van der Waals surface area contributed by atoms with Gasteiger partial charge >= 0.3 is 0 Å². The predicted octanol–water partition coefficient (Wildman–Crippen LogP) is 13.9. The van der Waals surface area contributed by atoms with Crippen LogP contribution >= 0.6 is 0 Å². The molecule has 0 saturated heterocycles. The van der Waals surface area contributed by atoms with Crippen LogP contribution < -0.4 is 4.74 Å². The number of aromatic nitrogens is 2. The minimum Gasteiger partial charge on any atom is -0.457 e. The molecule has 0 radical (unpaired) electrons. The smallest absolute Gasteiger partial charge is 0.160 e. The van der Waals surface area contributed by atoms with E-state index >= 15 is 0 Å². The Bertz CT molecular complexity index is 3210. The maximum Gasteiger partial charge on any atom is 0.160 e. The number of ether oxygens (including phenoxy) is 1. The molecular formula is C55H34N2O. The van der Waals surface area contributed by atoms with E-state index in [0.717, 1.165) is 50.7 Å². The van der Waals surface area contributed by atoms with Crippen molar-refractivity contribution < 1.29 is 4.74 Å². The molecule has 3 nitrogen and oxygen atoms in total. The van der Waals surface area contributed by atoms with Crippen molar-refractivity contribution in [2.45, 2.75) is 5.41 Å². The Morgan fingerprint density at radius 1 is 0.345 bits per heavy atom. The number of hydrogen-bond donors (Lipinski definition) is 0. The van der Waals surface area contributed by atoms with Gasteiger partial charge in [-0.3, -0.25) is 0 Å². The minimum atomic E-state index is -0.561. The topological polar surface area (TPSA) is 35.0 Å². The van der Waals surface area contributed by atoms with E-state index in [1.54, 1.807) is 0 Å². The predicted molar refractivity (Wildman–Crippen MR) is 236 cm³/mol. The lowest BCUT2D eigenvalue weighted by Gasteiger charge is -2.39. The Labute approximate surface area is 336 Å². The Hall–Kier alpha value is -7.62. The van der Waals surface area contributed by atoms with Crippen molar-refractivity contribution in [2.24, 2.45) is 0 Å². The van der Waals surface area contributed by atoms with Crippen LogP contribution in [0.4, 0.5) is 0 Å². The van der Waals surface area contributed by atoms with Gasteiger partial charge in [-0.15, -0.1) is 0 Å². The Morgan fingerprint density at radius 2 is 0.914 bits per heavy atom. The maximum absolute atomic E-state index is 6.59. The molecule has 9 aromatic carbocycles. The number of nitrogens with zero attached hydrogens (tertiary/aromatic N) is 2. The summed E-state index contributed by atoms with van der Waals surface area (Å²) in [6.07, 6.45) is 0. The number of benzene rings is 9. The normalized spacial score (nSPS) is 13.1. The molecular weight excluding hydrogens is 705 g/mol. The largest absolute Gasteiger partial charge is 0.457 e. The van der Waals surface area contributed by atoms with Crippen molar-refractivity contribution in [1.82, 2.24) is 9.97 Å². The Balaban J connectivity index is 1.06. The molecule has 0 atom stereocenters. The van der Waals surface area contributed by atoms with Gasteiger partial charge in [-0.1, -0.05) is 182 Å². The zero-order valence-corrected chi connectivity index (χ0v) is 31.4. The molecule has 2 heterocycles. The number of hydrogen-bond acceptors (Lipinski definition) is 3. The van der Waals surface area contributed by atoms with Crippen LogP contribution in [0.25, 0.3) is 77.7 Å². The number of fused-ring (bicyclic) bond motifs is 12. The van der Waals surface area contributed by atoms with Crippen LogP contribution in [0.5, 0.6) is 11.5 Å². The van der Waals surface area contributed by atoms with E-state index < -0.39 is 5.41 Å². The van der Waals surface area contributed by atoms with Gasteiger partial charge in [0.05, 0.1) is 16.8 Å². The van der Waals surface area contributed by atoms with Crippen LogP contribution in [0.2, 0.25) is 0 Å². The zero-order chi connectivity index (χ0) is 38.2. The molecule has 2 aliphatic rings. The van der Waals surface area contributed by atoms with Gasteiger partial charge in [0.2, 0.25) is 0 Å². The molecule has 1 spiro atoms. The molecule has 58 heavy (non-hydrogen) atoms. The number of rotatable bonds is 4. The molecule has 0 fully saturated rings. The Morgan fingerprint density at radius 3 is 1.69 bits per heavy atom. The molecule has 0 bridgehead atoms. The first-order valence-electron chi connectivity index (χ1n) is 19.8. The molecule has 0 amide bonds. The average Bonchev–Trinajstić information content (AvgIpc) is 3.60. The van der Waals surface area contributed by atoms with Crippen molar-refractivity contribution in [3.05, 3.63) is 229 Å². The fraction of sp³-hybridized carbons (Fsp3) is 0.0182. The minimum absolute atomic E-state index is 0.561. The molecule has 0 N–H and O–H groups in total. The highest BCUT2D eigenvalue weighted by molar-refractivity contribution is 6.13. The van der Waals surface area contributed by atoms with E-state index in [2.05, 4.69) is 188 Å². The van der Waals surface area contributed by atoms with Crippen LogP contribution in [0.3, 0.4) is 0 Å². The standard InChI is InChI=1S/C55H34N2O/c1-2-15-37(16-3-1)54-56-49(36-31-29-35(30-32-36)44-33-38-17-4-5-18-39(38)40-19-6-7-20-41(40)44)34-50(57-54)43-22-14-26-48-53(43)42-21-8-9-23-45(42)55(48)46-24-10-12-27-51(46)58-52-28-13-11-25-47(52)55/h1-34H. The van der Waals surface area contributed by atoms with Gasteiger partial charge in [0.1, 0.15) is 11.5 Å². The van der Waals surface area contributed by atoms with Crippen molar-refractivity contribution in [2.75, 3.05) is 0 Å². The fourth-order valence-corrected chi connectivity index (χ4v) is 9.68. The molecule has 10 aromatic rings. The average molecular weight is 739 g/mol. The van der Waals surface area contributed by atoms with Gasteiger partial charge in [-0.05, 0) is 79.2 Å². The summed E-state index contributed by atoms with van der Waals surface area (Å²) < 4.78 is 6.59. The summed E-state index contributed by atoms with van der Waals surface area (Å²) in [5, 5.41) is 5.01. The van der Waals surface area contributed by atoms with Gasteiger partial charge in [0.15, 0.2) is 5.82 Å². The van der Waals surface area contributed by atoms with Crippen LogP contribution in [-0.4, -0.2) is 9.97 Å². The van der Waals surface area contributed by atoms with Gasteiger partial charge < -0.3 is 4.74 Å². The monoisotopic (exact) mass is 738 g/mol. The lowest BCUT2D eigenvalue weighted by molar-refractivity contribution is 0.436. The van der Waals surface area contributed by atoms with Crippen LogP contribution in [0, 0.1) is 0 Å². The van der Waals surface area contributed by atoms with Gasteiger partial charge in [0.25, 0.3) is 0 Å². The quantitative estimate of drug-likeness (QED) is 0.169. The van der Waals surface area contributed by atoms with E-state index in [-0.39, 0.29) is 0 Å². The summed E-state index contributed by atoms with van der Waals surface area (Å²) in [5.41, 5.74) is 13.8. The first kappa shape index (κ1) is 32.6. The van der Waals surface area contributed by atoms with Gasteiger partial charge in [-0.25, -0.2) is 9.97 Å². The second-order valence-electron chi connectivity index (χ2n) is 15.2. The molecule has 12 rings (SSSR count). The first-order valence-corrected chi connectivity index (χ1v) is 19.8. The van der Waals surface area contributed by atoms with Crippen molar-refractivity contribution in [1.29, 1.82) is 0 Å². The summed E-state index contributed by atoms with van der Waals surface area (Å²) in [4.78, 5) is 10.6. The van der Waals surface area contributed by atoms with E-state index in [0.29, 0.717) is 5.82 Å². The third-order valence-electron chi connectivity index (χ3n) is 12.2. The molecule has 1 aliphatic heterocycles. The molecule has 1 aliphatic carbocycles. The highest BCUT2D eigenvalue weighted by Crippen LogP contribution is 2.63. The highest BCUT2D eigenvalue weighted by atomic mass is 16.5. The number of para-hydroxylation sites is 2. The first-order chi connectivity index (χ1) is 28.8. The van der Waals surface area contributed by atoms with Crippen molar-refractivity contribution in [3.63, 3.8) is 0 Å². The van der Waals surface area contributed by atoms with Crippen LogP contribution in [0.1, 0.15) is 22.3 Å². The lowest BCUT2D eigenvalue weighted by atomic mass is 9.66. The summed E-state index contributed by atoms with van der Waals surface area (Å²) in [6, 6.07) is 73.6. The zero-order valence-electron chi connectivity index (χ0n) is 31.4. The van der Waals surface area contributed by atoms with Crippen molar-refractivity contribution in [3.8, 4) is 67.7 Å². The Kier molecular flexibility index (Phi) is 7.14.